The van der Waals surface area contributed by atoms with Crippen LogP contribution in [0.15, 0.2) is 24.3 Å². The minimum absolute atomic E-state index is 0.534. The third-order valence-electron chi connectivity index (χ3n) is 3.31. The van der Waals surface area contributed by atoms with Gasteiger partial charge in [0.15, 0.2) is 0 Å². The summed E-state index contributed by atoms with van der Waals surface area (Å²) in [5.74, 6) is 0. The molecule has 106 valence electrons. The maximum atomic E-state index is 4.98. The third kappa shape index (κ3) is 7.58. The van der Waals surface area contributed by atoms with Crippen LogP contribution in [0.25, 0.3) is 0 Å². The van der Waals surface area contributed by atoms with E-state index in [9.17, 15) is 0 Å². The van der Waals surface area contributed by atoms with Crippen LogP contribution in [0.1, 0.15) is 57.4 Å². The molecule has 0 fully saturated rings. The number of aryl methyl sites for hydroxylation is 1. The van der Waals surface area contributed by atoms with Gasteiger partial charge in [0, 0.05) is 5.69 Å². The molecule has 0 unspecified atom stereocenters. The number of nitrogens with one attached hydrogen (secondary N) is 1. The third-order valence-corrected chi connectivity index (χ3v) is 3.52. The van der Waals surface area contributed by atoms with Gasteiger partial charge < -0.3 is 5.32 Å². The summed E-state index contributed by atoms with van der Waals surface area (Å²) in [4.78, 5) is 0. The average molecular weight is 296 g/mol. The first-order valence-electron chi connectivity index (χ1n) is 7.32. The first kappa shape index (κ1) is 16.5. The van der Waals surface area contributed by atoms with Crippen molar-refractivity contribution in [1.82, 2.24) is 0 Å². The molecule has 0 heterocycles. The van der Waals surface area contributed by atoms with E-state index in [1.54, 1.807) is 0 Å². The maximum absolute atomic E-state index is 4.98. The number of thiocarbonyl (C=S) groups is 1. The molecule has 0 amide bonds. The Labute approximate surface area is 128 Å². The lowest BCUT2D eigenvalue weighted by atomic mass is 10.0. The van der Waals surface area contributed by atoms with Crippen molar-refractivity contribution in [3.05, 3.63) is 29.8 Å². The lowest BCUT2D eigenvalue weighted by Crippen LogP contribution is -2.04. The van der Waals surface area contributed by atoms with Crippen LogP contribution in [-0.2, 0) is 6.42 Å². The number of hydrogen-bond donors (Lipinski definition) is 2. The van der Waals surface area contributed by atoms with Gasteiger partial charge in [-0.25, -0.2) is 0 Å². The molecule has 1 nitrogen and oxygen atoms in total. The second kappa shape index (κ2) is 10.3. The normalized spacial score (nSPS) is 10.4. The molecule has 1 aromatic rings. The Morgan fingerprint density at radius 1 is 1.05 bits per heavy atom. The SMILES string of the molecule is CCCCCCCCCc1ccccc1NC(=S)S. The Kier molecular flexibility index (Phi) is 8.93. The number of unbranched alkanes of at least 4 members (excludes halogenated alkanes) is 6. The van der Waals surface area contributed by atoms with Crippen LogP contribution in [-0.4, -0.2) is 4.32 Å². The topological polar surface area (TPSA) is 12.0 Å². The second-order valence-electron chi connectivity index (χ2n) is 4.96. The van der Waals surface area contributed by atoms with Gasteiger partial charge in [-0.15, -0.1) is 12.6 Å². The molecular formula is C16H25NS2. The van der Waals surface area contributed by atoms with E-state index in [2.05, 4.69) is 43.1 Å². The average Bonchev–Trinajstić information content (AvgIpc) is 2.39. The molecule has 0 aromatic heterocycles. The first-order chi connectivity index (χ1) is 9.24. The summed E-state index contributed by atoms with van der Waals surface area (Å²) in [5.41, 5.74) is 2.45. The van der Waals surface area contributed by atoms with Gasteiger partial charge in [0.25, 0.3) is 0 Å². The second-order valence-corrected chi connectivity index (χ2v) is 6.12. The first-order valence-corrected chi connectivity index (χ1v) is 8.17. The van der Waals surface area contributed by atoms with Crippen LogP contribution < -0.4 is 5.32 Å². The molecular weight excluding hydrogens is 270 g/mol. The molecule has 0 aliphatic rings. The Balaban J connectivity index is 2.26. The number of hydrogen-bond acceptors (Lipinski definition) is 1. The molecule has 0 spiro atoms. The summed E-state index contributed by atoms with van der Waals surface area (Å²) in [6.45, 7) is 2.26. The minimum atomic E-state index is 0.534. The van der Waals surface area contributed by atoms with Crippen LogP contribution in [0.5, 0.6) is 0 Å². The monoisotopic (exact) mass is 295 g/mol. The van der Waals surface area contributed by atoms with Gasteiger partial charge in [0.1, 0.15) is 4.32 Å². The van der Waals surface area contributed by atoms with Gasteiger partial charge >= 0.3 is 0 Å². The molecule has 0 saturated carbocycles. The molecule has 1 rings (SSSR count). The quantitative estimate of drug-likeness (QED) is 0.349. The van der Waals surface area contributed by atoms with E-state index < -0.39 is 0 Å². The Morgan fingerprint density at radius 2 is 1.68 bits per heavy atom. The highest BCUT2D eigenvalue weighted by molar-refractivity contribution is 8.11. The van der Waals surface area contributed by atoms with Gasteiger partial charge in [-0.3, -0.25) is 0 Å². The summed E-state index contributed by atoms with van der Waals surface area (Å²) in [7, 11) is 0. The summed E-state index contributed by atoms with van der Waals surface area (Å²) in [6, 6.07) is 8.36. The van der Waals surface area contributed by atoms with Gasteiger partial charge in [-0.1, -0.05) is 75.9 Å². The number of rotatable bonds is 9. The number of anilines is 1. The van der Waals surface area contributed by atoms with Crippen molar-refractivity contribution in [2.24, 2.45) is 0 Å². The van der Waals surface area contributed by atoms with E-state index in [4.69, 9.17) is 12.2 Å². The smallest absolute Gasteiger partial charge is 0.135 e. The van der Waals surface area contributed by atoms with E-state index in [0.717, 1.165) is 12.1 Å². The summed E-state index contributed by atoms with van der Waals surface area (Å²) in [5, 5.41) is 3.14. The molecule has 0 aliphatic heterocycles. The predicted molar refractivity (Wildman–Crippen MR) is 93.3 cm³/mol. The van der Waals surface area contributed by atoms with E-state index in [-0.39, 0.29) is 0 Å². The lowest BCUT2D eigenvalue weighted by Gasteiger charge is -2.10. The highest BCUT2D eigenvalue weighted by Gasteiger charge is 2.02. The van der Waals surface area contributed by atoms with Crippen LogP contribution in [0.4, 0.5) is 5.69 Å². The Hall–Kier alpha value is -0.540. The summed E-state index contributed by atoms with van der Waals surface area (Å²) < 4.78 is 0.534. The molecule has 1 N–H and O–H groups in total. The van der Waals surface area contributed by atoms with Crippen molar-refractivity contribution in [3.63, 3.8) is 0 Å². The number of para-hydroxylation sites is 1. The molecule has 0 atom stereocenters. The molecule has 19 heavy (non-hydrogen) atoms. The van der Waals surface area contributed by atoms with Crippen LogP contribution in [0.2, 0.25) is 0 Å². The van der Waals surface area contributed by atoms with E-state index >= 15 is 0 Å². The van der Waals surface area contributed by atoms with Crippen LogP contribution in [0.3, 0.4) is 0 Å². The van der Waals surface area contributed by atoms with E-state index in [1.165, 1.54) is 50.5 Å². The van der Waals surface area contributed by atoms with Crippen molar-refractivity contribution in [2.45, 2.75) is 58.3 Å². The highest BCUT2D eigenvalue weighted by atomic mass is 32.1. The van der Waals surface area contributed by atoms with Crippen LogP contribution >= 0.6 is 24.8 Å². The number of benzene rings is 1. The molecule has 0 saturated heterocycles. The Morgan fingerprint density at radius 3 is 2.37 bits per heavy atom. The maximum Gasteiger partial charge on any atom is 0.135 e. The van der Waals surface area contributed by atoms with Gasteiger partial charge in [0.2, 0.25) is 0 Å². The summed E-state index contributed by atoms with van der Waals surface area (Å²) in [6.07, 6.45) is 10.5. The van der Waals surface area contributed by atoms with Crippen molar-refractivity contribution in [1.29, 1.82) is 0 Å². The Bertz CT molecular complexity index is 377. The highest BCUT2D eigenvalue weighted by Crippen LogP contribution is 2.19. The van der Waals surface area contributed by atoms with Gasteiger partial charge in [-0.05, 0) is 24.5 Å². The summed E-state index contributed by atoms with van der Waals surface area (Å²) >= 11 is 9.12. The minimum Gasteiger partial charge on any atom is -0.341 e. The predicted octanol–water partition coefficient (Wildman–Crippen LogP) is 5.61. The van der Waals surface area contributed by atoms with Crippen molar-refractivity contribution in [3.8, 4) is 0 Å². The van der Waals surface area contributed by atoms with Gasteiger partial charge in [0.05, 0.1) is 0 Å². The van der Waals surface area contributed by atoms with E-state index in [0.29, 0.717) is 4.32 Å². The molecule has 0 aliphatic carbocycles. The number of thiol groups is 1. The molecule has 3 heteroatoms. The fourth-order valence-electron chi connectivity index (χ4n) is 2.25. The van der Waals surface area contributed by atoms with E-state index in [1.807, 2.05) is 6.07 Å². The fourth-order valence-corrected chi connectivity index (χ4v) is 2.48. The largest absolute Gasteiger partial charge is 0.341 e. The molecule has 1 aromatic carbocycles. The lowest BCUT2D eigenvalue weighted by molar-refractivity contribution is 0.589. The van der Waals surface area contributed by atoms with Crippen molar-refractivity contribution >= 4 is 34.9 Å². The van der Waals surface area contributed by atoms with Crippen LogP contribution in [0, 0.1) is 0 Å². The molecule has 0 radical (unpaired) electrons. The van der Waals surface area contributed by atoms with Gasteiger partial charge in [-0.2, -0.15) is 0 Å². The van der Waals surface area contributed by atoms with Crippen molar-refractivity contribution in [2.75, 3.05) is 5.32 Å². The van der Waals surface area contributed by atoms with Crippen molar-refractivity contribution < 1.29 is 0 Å². The zero-order valence-electron chi connectivity index (χ0n) is 11.8. The fraction of sp³-hybridized carbons (Fsp3) is 0.562. The molecule has 0 bridgehead atoms. The zero-order valence-corrected chi connectivity index (χ0v) is 13.5. The standard InChI is InChI=1S/C16H25NS2/c1-2-3-4-5-6-7-8-11-14-12-9-10-13-15(14)17-16(18)19/h9-10,12-13H,2-8,11H2,1H3,(H2,17,18,19). The zero-order chi connectivity index (χ0) is 13.9.